The second kappa shape index (κ2) is 4.61. The van der Waals surface area contributed by atoms with Crippen LogP contribution in [-0.4, -0.2) is 29.9 Å². The van der Waals surface area contributed by atoms with Crippen molar-refractivity contribution in [3.8, 4) is 0 Å². The molecule has 0 aromatic heterocycles. The fourth-order valence-corrected chi connectivity index (χ4v) is 1.96. The van der Waals surface area contributed by atoms with Crippen molar-refractivity contribution in [1.29, 1.82) is 0 Å². The first-order chi connectivity index (χ1) is 8.38. The van der Waals surface area contributed by atoms with Crippen molar-refractivity contribution in [2.75, 3.05) is 13.1 Å². The fourth-order valence-electron chi connectivity index (χ4n) is 1.96. The van der Waals surface area contributed by atoms with E-state index in [-0.39, 0.29) is 17.5 Å². The molecular formula is C12H13F3N2O. The SMILES string of the molecule is NC1CCN(C(=O)c2ccc(C(F)(F)F)cc2)C1. The molecule has 98 valence electrons. The van der Waals surface area contributed by atoms with E-state index in [1.54, 1.807) is 4.90 Å². The van der Waals surface area contributed by atoms with Gasteiger partial charge in [0.05, 0.1) is 5.56 Å². The van der Waals surface area contributed by atoms with Gasteiger partial charge in [-0.15, -0.1) is 0 Å². The minimum atomic E-state index is -4.38. The molecule has 6 heteroatoms. The Balaban J connectivity index is 2.12. The number of carbonyl (C=O) groups excluding carboxylic acids is 1. The van der Waals surface area contributed by atoms with Crippen LogP contribution in [0, 0.1) is 0 Å². The van der Waals surface area contributed by atoms with Crippen molar-refractivity contribution < 1.29 is 18.0 Å². The van der Waals surface area contributed by atoms with Crippen molar-refractivity contribution in [3.63, 3.8) is 0 Å². The summed E-state index contributed by atoms with van der Waals surface area (Å²) in [5.74, 6) is -0.267. The minimum Gasteiger partial charge on any atom is -0.337 e. The highest BCUT2D eigenvalue weighted by Crippen LogP contribution is 2.29. The highest BCUT2D eigenvalue weighted by Gasteiger charge is 2.31. The lowest BCUT2D eigenvalue weighted by atomic mass is 10.1. The van der Waals surface area contributed by atoms with E-state index in [4.69, 9.17) is 5.73 Å². The molecule has 1 aliphatic heterocycles. The molecule has 1 heterocycles. The van der Waals surface area contributed by atoms with Crippen LogP contribution in [0.3, 0.4) is 0 Å². The zero-order valence-electron chi connectivity index (χ0n) is 9.57. The van der Waals surface area contributed by atoms with Gasteiger partial charge in [0.2, 0.25) is 0 Å². The first kappa shape index (κ1) is 12.9. The minimum absolute atomic E-state index is 0.0385. The molecule has 18 heavy (non-hydrogen) atoms. The third-order valence-electron chi connectivity index (χ3n) is 2.97. The molecule has 1 fully saturated rings. The number of amides is 1. The van der Waals surface area contributed by atoms with Crippen LogP contribution >= 0.6 is 0 Å². The molecule has 1 aromatic carbocycles. The Morgan fingerprint density at radius 1 is 1.28 bits per heavy atom. The zero-order valence-corrected chi connectivity index (χ0v) is 9.57. The maximum atomic E-state index is 12.4. The molecule has 1 saturated heterocycles. The number of benzene rings is 1. The molecule has 1 amide bonds. The Labute approximate surface area is 102 Å². The molecule has 0 spiro atoms. The smallest absolute Gasteiger partial charge is 0.337 e. The Hall–Kier alpha value is -1.56. The van der Waals surface area contributed by atoms with Crippen LogP contribution in [0.5, 0.6) is 0 Å². The van der Waals surface area contributed by atoms with Crippen LogP contribution in [0.1, 0.15) is 22.3 Å². The lowest BCUT2D eigenvalue weighted by Crippen LogP contribution is -2.31. The number of halogens is 3. The highest BCUT2D eigenvalue weighted by atomic mass is 19.4. The summed E-state index contributed by atoms with van der Waals surface area (Å²) < 4.78 is 37.1. The van der Waals surface area contributed by atoms with Crippen molar-refractivity contribution >= 4 is 5.91 Å². The van der Waals surface area contributed by atoms with Gasteiger partial charge in [0, 0.05) is 24.7 Å². The Bertz CT molecular complexity index is 442. The van der Waals surface area contributed by atoms with E-state index in [1.165, 1.54) is 12.1 Å². The second-order valence-corrected chi connectivity index (χ2v) is 4.38. The van der Waals surface area contributed by atoms with E-state index >= 15 is 0 Å². The first-order valence-electron chi connectivity index (χ1n) is 5.60. The molecule has 0 saturated carbocycles. The third kappa shape index (κ3) is 2.64. The highest BCUT2D eigenvalue weighted by molar-refractivity contribution is 5.94. The standard InChI is InChI=1S/C12H13F3N2O/c13-12(14,15)9-3-1-8(2-4-9)11(18)17-6-5-10(16)7-17/h1-4,10H,5-7,16H2. The molecule has 2 rings (SSSR count). The van der Waals surface area contributed by atoms with Crippen LogP contribution in [0.2, 0.25) is 0 Å². The Morgan fingerprint density at radius 3 is 2.33 bits per heavy atom. The topological polar surface area (TPSA) is 46.3 Å². The van der Waals surface area contributed by atoms with Gasteiger partial charge < -0.3 is 10.6 Å². The van der Waals surface area contributed by atoms with Gasteiger partial charge >= 0.3 is 6.18 Å². The van der Waals surface area contributed by atoms with Crippen LogP contribution in [0.15, 0.2) is 24.3 Å². The zero-order chi connectivity index (χ0) is 13.3. The second-order valence-electron chi connectivity index (χ2n) is 4.38. The average Bonchev–Trinajstić information content (AvgIpc) is 2.74. The molecule has 1 aliphatic rings. The van der Waals surface area contributed by atoms with E-state index in [9.17, 15) is 18.0 Å². The van der Waals surface area contributed by atoms with Crippen LogP contribution in [0.4, 0.5) is 13.2 Å². The van der Waals surface area contributed by atoms with Crippen molar-refractivity contribution in [3.05, 3.63) is 35.4 Å². The van der Waals surface area contributed by atoms with Gasteiger partial charge in [-0.3, -0.25) is 4.79 Å². The molecule has 0 radical (unpaired) electrons. The fraction of sp³-hybridized carbons (Fsp3) is 0.417. The van der Waals surface area contributed by atoms with Gasteiger partial charge in [-0.05, 0) is 30.7 Å². The summed E-state index contributed by atoms with van der Waals surface area (Å²) in [6, 6.07) is 4.21. The summed E-state index contributed by atoms with van der Waals surface area (Å²) in [4.78, 5) is 13.5. The lowest BCUT2D eigenvalue weighted by molar-refractivity contribution is -0.137. The lowest BCUT2D eigenvalue weighted by Gasteiger charge is -2.16. The first-order valence-corrected chi connectivity index (χ1v) is 5.60. The van der Waals surface area contributed by atoms with Crippen LogP contribution < -0.4 is 5.73 Å². The van der Waals surface area contributed by atoms with Crippen molar-refractivity contribution in [2.24, 2.45) is 5.73 Å². The summed E-state index contributed by atoms with van der Waals surface area (Å²) in [5.41, 5.74) is 5.19. The summed E-state index contributed by atoms with van der Waals surface area (Å²) in [6.45, 7) is 1.01. The summed E-state index contributed by atoms with van der Waals surface area (Å²) >= 11 is 0. The number of likely N-dealkylation sites (tertiary alicyclic amines) is 1. The third-order valence-corrected chi connectivity index (χ3v) is 2.97. The largest absolute Gasteiger partial charge is 0.416 e. The van der Waals surface area contributed by atoms with E-state index in [0.29, 0.717) is 13.1 Å². The Morgan fingerprint density at radius 2 is 1.89 bits per heavy atom. The molecule has 3 nitrogen and oxygen atoms in total. The van der Waals surface area contributed by atoms with Crippen LogP contribution in [0.25, 0.3) is 0 Å². The summed E-state index contributed by atoms with van der Waals surface area (Å²) in [5, 5.41) is 0. The van der Waals surface area contributed by atoms with Gasteiger partial charge in [0.1, 0.15) is 0 Å². The maximum Gasteiger partial charge on any atom is 0.416 e. The number of hydrogen-bond acceptors (Lipinski definition) is 2. The molecule has 1 aromatic rings. The molecular weight excluding hydrogens is 245 g/mol. The van der Waals surface area contributed by atoms with Gasteiger partial charge in [-0.2, -0.15) is 13.2 Å². The van der Waals surface area contributed by atoms with Gasteiger partial charge in [-0.1, -0.05) is 0 Å². The predicted octanol–water partition coefficient (Wildman–Crippen LogP) is 1.88. The van der Waals surface area contributed by atoms with Gasteiger partial charge in [-0.25, -0.2) is 0 Å². The molecule has 0 aliphatic carbocycles. The van der Waals surface area contributed by atoms with Gasteiger partial charge in [0.25, 0.3) is 5.91 Å². The van der Waals surface area contributed by atoms with E-state index in [0.717, 1.165) is 18.6 Å². The van der Waals surface area contributed by atoms with E-state index in [2.05, 4.69) is 0 Å². The van der Waals surface area contributed by atoms with Crippen molar-refractivity contribution in [1.82, 2.24) is 4.90 Å². The number of nitrogens with zero attached hydrogens (tertiary/aromatic N) is 1. The normalized spacial score (nSPS) is 20.2. The number of nitrogens with two attached hydrogens (primary N) is 1. The molecule has 2 N–H and O–H groups in total. The number of rotatable bonds is 1. The number of carbonyl (C=O) groups is 1. The monoisotopic (exact) mass is 258 g/mol. The van der Waals surface area contributed by atoms with E-state index < -0.39 is 11.7 Å². The average molecular weight is 258 g/mol. The van der Waals surface area contributed by atoms with Crippen LogP contribution in [-0.2, 0) is 6.18 Å². The molecule has 1 atom stereocenters. The quantitative estimate of drug-likeness (QED) is 0.836. The predicted molar refractivity (Wildman–Crippen MR) is 59.9 cm³/mol. The molecule has 0 bridgehead atoms. The number of alkyl halides is 3. The Kier molecular flexibility index (Phi) is 3.30. The van der Waals surface area contributed by atoms with Gasteiger partial charge in [0.15, 0.2) is 0 Å². The summed E-state index contributed by atoms with van der Waals surface area (Å²) in [7, 11) is 0. The number of hydrogen-bond donors (Lipinski definition) is 1. The summed E-state index contributed by atoms with van der Waals surface area (Å²) in [6.07, 6.45) is -3.65. The van der Waals surface area contributed by atoms with E-state index in [1.807, 2.05) is 0 Å². The molecule has 1 unspecified atom stereocenters. The maximum absolute atomic E-state index is 12.4. The van der Waals surface area contributed by atoms with Crippen molar-refractivity contribution in [2.45, 2.75) is 18.6 Å².